The fourth-order valence-electron chi connectivity index (χ4n) is 1.97. The molecule has 0 aromatic heterocycles. The van der Waals surface area contributed by atoms with Gasteiger partial charge in [-0.1, -0.05) is 0 Å². The van der Waals surface area contributed by atoms with Crippen molar-refractivity contribution in [3.8, 4) is 0 Å². The third-order valence-corrected chi connectivity index (χ3v) is 3.02. The molecule has 104 valence electrons. The number of amides is 1. The predicted molar refractivity (Wildman–Crippen MR) is 68.4 cm³/mol. The Bertz CT molecular complexity index is 299. The number of rotatable bonds is 6. The van der Waals surface area contributed by atoms with Crippen LogP contribution in [0.2, 0.25) is 0 Å². The van der Waals surface area contributed by atoms with Crippen molar-refractivity contribution in [3.05, 3.63) is 0 Å². The number of nitrogens with one attached hydrogen (secondary N) is 2. The number of carbonyl (C=O) groups is 2. The van der Waals surface area contributed by atoms with Crippen LogP contribution < -0.4 is 10.6 Å². The van der Waals surface area contributed by atoms with Gasteiger partial charge in [0, 0.05) is 38.1 Å². The molecule has 0 spiro atoms. The largest absolute Gasteiger partial charge is 0.481 e. The van der Waals surface area contributed by atoms with E-state index in [0.717, 1.165) is 26.2 Å². The van der Waals surface area contributed by atoms with Gasteiger partial charge in [0.1, 0.15) is 0 Å². The second-order valence-corrected chi connectivity index (χ2v) is 5.35. The lowest BCUT2D eigenvalue weighted by Gasteiger charge is -2.30. The molecule has 0 unspecified atom stereocenters. The van der Waals surface area contributed by atoms with Gasteiger partial charge >= 0.3 is 5.97 Å². The molecule has 0 aliphatic carbocycles. The van der Waals surface area contributed by atoms with Crippen molar-refractivity contribution in [2.45, 2.75) is 32.2 Å². The first-order valence-corrected chi connectivity index (χ1v) is 6.35. The number of piperazine rings is 1. The van der Waals surface area contributed by atoms with Crippen molar-refractivity contribution in [2.24, 2.45) is 0 Å². The van der Waals surface area contributed by atoms with E-state index < -0.39 is 11.5 Å². The minimum atomic E-state index is -0.834. The first-order chi connectivity index (χ1) is 8.39. The van der Waals surface area contributed by atoms with Crippen molar-refractivity contribution in [1.29, 1.82) is 0 Å². The number of carboxylic acid groups (broad SMARTS) is 1. The van der Waals surface area contributed by atoms with Gasteiger partial charge in [0.05, 0.1) is 6.54 Å². The van der Waals surface area contributed by atoms with Crippen molar-refractivity contribution in [2.75, 3.05) is 32.7 Å². The van der Waals surface area contributed by atoms with E-state index in [9.17, 15) is 9.59 Å². The lowest BCUT2D eigenvalue weighted by atomic mass is 9.98. The van der Waals surface area contributed by atoms with Gasteiger partial charge in [-0.3, -0.25) is 14.5 Å². The third-order valence-electron chi connectivity index (χ3n) is 3.02. The molecule has 1 aliphatic heterocycles. The zero-order valence-corrected chi connectivity index (χ0v) is 11.2. The van der Waals surface area contributed by atoms with Gasteiger partial charge in [-0.05, 0) is 20.3 Å². The number of nitrogens with zero attached hydrogens (tertiary/aromatic N) is 1. The molecule has 1 rings (SSSR count). The highest BCUT2D eigenvalue weighted by atomic mass is 16.4. The molecule has 0 radical (unpaired) electrons. The van der Waals surface area contributed by atoms with Gasteiger partial charge in [0.15, 0.2) is 0 Å². The average molecular weight is 257 g/mol. The first kappa shape index (κ1) is 14.9. The predicted octanol–water partition coefficient (Wildman–Crippen LogP) is -0.349. The van der Waals surface area contributed by atoms with Gasteiger partial charge in [0.2, 0.25) is 5.91 Å². The lowest BCUT2D eigenvalue weighted by Crippen LogP contribution is -2.51. The fourth-order valence-corrected chi connectivity index (χ4v) is 1.97. The van der Waals surface area contributed by atoms with Crippen LogP contribution in [0.25, 0.3) is 0 Å². The summed E-state index contributed by atoms with van der Waals surface area (Å²) in [5, 5.41) is 14.8. The quantitative estimate of drug-likeness (QED) is 0.606. The Hall–Kier alpha value is -1.14. The maximum Gasteiger partial charge on any atom is 0.303 e. The molecule has 18 heavy (non-hydrogen) atoms. The summed E-state index contributed by atoms with van der Waals surface area (Å²) < 4.78 is 0. The average Bonchev–Trinajstić information content (AvgIpc) is 2.27. The van der Waals surface area contributed by atoms with Crippen molar-refractivity contribution in [1.82, 2.24) is 15.5 Å². The summed E-state index contributed by atoms with van der Waals surface area (Å²) in [6.45, 7) is 7.67. The fraction of sp³-hybridized carbons (Fsp3) is 0.833. The molecule has 0 bridgehead atoms. The third kappa shape index (κ3) is 5.97. The van der Waals surface area contributed by atoms with E-state index in [1.54, 1.807) is 0 Å². The Labute approximate surface area is 108 Å². The zero-order valence-electron chi connectivity index (χ0n) is 11.2. The standard InChI is InChI=1S/C12H23N3O3/c1-12(2,4-3-11(17)18)14-10(16)9-15-7-5-13-6-8-15/h13H,3-9H2,1-2H3,(H,14,16)(H,17,18). The Balaban J connectivity index is 2.30. The van der Waals surface area contributed by atoms with Gasteiger partial charge in [0.25, 0.3) is 0 Å². The van der Waals surface area contributed by atoms with Crippen LogP contribution in [0, 0.1) is 0 Å². The molecular weight excluding hydrogens is 234 g/mol. The van der Waals surface area contributed by atoms with Crippen LogP contribution in [0.1, 0.15) is 26.7 Å². The molecule has 0 aromatic rings. The van der Waals surface area contributed by atoms with Crippen LogP contribution in [0.3, 0.4) is 0 Å². The molecule has 6 nitrogen and oxygen atoms in total. The second kappa shape index (κ2) is 6.70. The maximum absolute atomic E-state index is 11.9. The van der Waals surface area contributed by atoms with E-state index >= 15 is 0 Å². The highest BCUT2D eigenvalue weighted by Crippen LogP contribution is 2.11. The molecule has 0 saturated carbocycles. The van der Waals surface area contributed by atoms with Crippen molar-refractivity contribution >= 4 is 11.9 Å². The molecule has 1 saturated heterocycles. The number of carboxylic acids is 1. The van der Waals surface area contributed by atoms with E-state index in [4.69, 9.17) is 5.11 Å². The van der Waals surface area contributed by atoms with E-state index in [0.29, 0.717) is 13.0 Å². The smallest absolute Gasteiger partial charge is 0.303 e. The number of hydrogen-bond donors (Lipinski definition) is 3. The van der Waals surface area contributed by atoms with Crippen LogP contribution in [0.5, 0.6) is 0 Å². The molecule has 0 atom stereocenters. The highest BCUT2D eigenvalue weighted by Gasteiger charge is 2.22. The van der Waals surface area contributed by atoms with E-state index in [-0.39, 0.29) is 12.3 Å². The topological polar surface area (TPSA) is 81.7 Å². The summed E-state index contributed by atoms with van der Waals surface area (Å²) in [5.74, 6) is -0.869. The summed E-state index contributed by atoms with van der Waals surface area (Å²) in [6.07, 6.45) is 0.510. The van der Waals surface area contributed by atoms with E-state index in [2.05, 4.69) is 15.5 Å². The maximum atomic E-state index is 11.9. The summed E-state index contributed by atoms with van der Waals surface area (Å²) in [6, 6.07) is 0. The van der Waals surface area contributed by atoms with Crippen molar-refractivity contribution in [3.63, 3.8) is 0 Å². The molecule has 1 aliphatic rings. The summed E-state index contributed by atoms with van der Waals surface area (Å²) in [4.78, 5) is 24.5. The van der Waals surface area contributed by atoms with Crippen LogP contribution in [-0.4, -0.2) is 60.1 Å². The summed E-state index contributed by atoms with van der Waals surface area (Å²) >= 11 is 0. The highest BCUT2D eigenvalue weighted by molar-refractivity contribution is 5.79. The minimum Gasteiger partial charge on any atom is -0.481 e. The first-order valence-electron chi connectivity index (χ1n) is 6.35. The van der Waals surface area contributed by atoms with E-state index in [1.165, 1.54) is 0 Å². The van der Waals surface area contributed by atoms with Gasteiger partial charge in [-0.25, -0.2) is 0 Å². The molecule has 1 fully saturated rings. The Morgan fingerprint density at radius 2 is 1.94 bits per heavy atom. The minimum absolute atomic E-state index is 0.0349. The summed E-state index contributed by atoms with van der Waals surface area (Å²) in [7, 11) is 0. The van der Waals surface area contributed by atoms with Crippen molar-refractivity contribution < 1.29 is 14.7 Å². The number of carbonyl (C=O) groups excluding carboxylic acids is 1. The van der Waals surface area contributed by atoms with Crippen LogP contribution in [-0.2, 0) is 9.59 Å². The second-order valence-electron chi connectivity index (χ2n) is 5.35. The number of hydrogen-bond acceptors (Lipinski definition) is 4. The Kier molecular flexibility index (Phi) is 5.55. The lowest BCUT2D eigenvalue weighted by molar-refractivity contribution is -0.138. The van der Waals surface area contributed by atoms with Gasteiger partial charge < -0.3 is 15.7 Å². The van der Waals surface area contributed by atoms with Crippen LogP contribution >= 0.6 is 0 Å². The molecule has 3 N–H and O–H groups in total. The Morgan fingerprint density at radius 1 is 1.33 bits per heavy atom. The van der Waals surface area contributed by atoms with Crippen LogP contribution in [0.4, 0.5) is 0 Å². The normalized spacial score (nSPS) is 17.4. The molecule has 6 heteroatoms. The molecular formula is C12H23N3O3. The zero-order chi connectivity index (χ0) is 13.6. The molecule has 1 amide bonds. The summed E-state index contributed by atoms with van der Waals surface area (Å²) in [5.41, 5.74) is -0.469. The SMILES string of the molecule is CC(C)(CCC(=O)O)NC(=O)CN1CCNCC1. The van der Waals surface area contributed by atoms with Gasteiger partial charge in [-0.2, -0.15) is 0 Å². The van der Waals surface area contributed by atoms with Gasteiger partial charge in [-0.15, -0.1) is 0 Å². The molecule has 1 heterocycles. The monoisotopic (exact) mass is 257 g/mol. The van der Waals surface area contributed by atoms with Crippen LogP contribution in [0.15, 0.2) is 0 Å². The Morgan fingerprint density at radius 3 is 2.50 bits per heavy atom. The molecule has 0 aromatic carbocycles. The van der Waals surface area contributed by atoms with E-state index in [1.807, 2.05) is 13.8 Å². The number of aliphatic carboxylic acids is 1.